The number of nitrogens with zero attached hydrogens (tertiary/aromatic N) is 1. The lowest BCUT2D eigenvalue weighted by Crippen LogP contribution is -2.29. The van der Waals surface area contributed by atoms with E-state index in [-0.39, 0.29) is 0 Å². The first-order valence-electron chi connectivity index (χ1n) is 6.59. The van der Waals surface area contributed by atoms with Crippen molar-refractivity contribution in [3.05, 3.63) is 22.9 Å². The lowest BCUT2D eigenvalue weighted by atomic mass is 9.84. The topological polar surface area (TPSA) is 24.9 Å². The molecule has 0 aliphatic heterocycles. The number of hydrogen-bond donors (Lipinski definition) is 1. The zero-order valence-electron chi connectivity index (χ0n) is 10.2. The van der Waals surface area contributed by atoms with Gasteiger partial charge in [-0.15, -0.1) is 0 Å². The van der Waals surface area contributed by atoms with Crippen LogP contribution in [0.15, 0.2) is 22.9 Å². The van der Waals surface area contributed by atoms with Gasteiger partial charge in [-0.25, -0.2) is 0 Å². The Bertz CT molecular complexity index is 407. The molecule has 1 aromatic heterocycles. The summed E-state index contributed by atoms with van der Waals surface area (Å²) in [5.41, 5.74) is 1.13. The van der Waals surface area contributed by atoms with E-state index in [1.54, 1.807) is 0 Å². The number of anilines is 1. The minimum Gasteiger partial charge on any atom is -0.381 e. The van der Waals surface area contributed by atoms with Crippen molar-refractivity contribution in [3.8, 4) is 0 Å². The minimum atomic E-state index is 0.571. The highest BCUT2D eigenvalue weighted by Crippen LogP contribution is 2.49. The van der Waals surface area contributed by atoms with Crippen LogP contribution in [0.3, 0.4) is 0 Å². The maximum absolute atomic E-state index is 4.20. The van der Waals surface area contributed by atoms with E-state index in [1.165, 1.54) is 25.7 Å². The fraction of sp³-hybridized carbons (Fsp3) is 0.643. The van der Waals surface area contributed by atoms with Gasteiger partial charge >= 0.3 is 0 Å². The van der Waals surface area contributed by atoms with E-state index in [4.69, 9.17) is 0 Å². The van der Waals surface area contributed by atoms with Crippen molar-refractivity contribution in [3.63, 3.8) is 0 Å². The Morgan fingerprint density at radius 2 is 2.24 bits per heavy atom. The first-order valence-corrected chi connectivity index (χ1v) is 7.39. The van der Waals surface area contributed by atoms with Crippen molar-refractivity contribution in [2.75, 3.05) is 5.32 Å². The van der Waals surface area contributed by atoms with Crippen LogP contribution in [0, 0.1) is 17.8 Å². The quantitative estimate of drug-likeness (QED) is 0.909. The van der Waals surface area contributed by atoms with Crippen LogP contribution in [-0.2, 0) is 0 Å². The molecule has 3 heteroatoms. The first kappa shape index (κ1) is 11.5. The Morgan fingerprint density at radius 1 is 1.35 bits per heavy atom. The van der Waals surface area contributed by atoms with Crippen molar-refractivity contribution in [1.82, 2.24) is 4.98 Å². The molecule has 92 valence electrons. The highest BCUT2D eigenvalue weighted by molar-refractivity contribution is 9.10. The molecule has 3 rings (SSSR count). The summed E-state index contributed by atoms with van der Waals surface area (Å²) in [7, 11) is 0. The second-order valence-corrected chi connectivity index (χ2v) is 6.58. The number of fused-ring (bicyclic) bond motifs is 2. The summed E-state index contributed by atoms with van der Waals surface area (Å²) in [4.78, 5) is 4.20. The highest BCUT2D eigenvalue weighted by Gasteiger charge is 2.41. The van der Waals surface area contributed by atoms with Crippen molar-refractivity contribution in [2.45, 2.75) is 38.6 Å². The van der Waals surface area contributed by atoms with Crippen LogP contribution in [0.4, 0.5) is 5.69 Å². The number of hydrogen-bond acceptors (Lipinski definition) is 2. The van der Waals surface area contributed by atoms with Gasteiger partial charge in [-0.3, -0.25) is 4.98 Å². The predicted molar refractivity (Wildman–Crippen MR) is 74.0 cm³/mol. The van der Waals surface area contributed by atoms with Crippen LogP contribution >= 0.6 is 15.9 Å². The third kappa shape index (κ3) is 2.35. The van der Waals surface area contributed by atoms with E-state index in [2.05, 4.69) is 39.2 Å². The number of pyridine rings is 1. The normalized spacial score (nSPS) is 32.7. The first-order chi connectivity index (χ1) is 8.22. The highest BCUT2D eigenvalue weighted by atomic mass is 79.9. The van der Waals surface area contributed by atoms with Crippen molar-refractivity contribution in [1.29, 1.82) is 0 Å². The Labute approximate surface area is 111 Å². The van der Waals surface area contributed by atoms with E-state index < -0.39 is 0 Å². The van der Waals surface area contributed by atoms with E-state index in [0.717, 1.165) is 27.9 Å². The monoisotopic (exact) mass is 294 g/mol. The summed E-state index contributed by atoms with van der Waals surface area (Å²) in [6, 6.07) is 2.68. The lowest BCUT2D eigenvalue weighted by molar-refractivity contribution is 0.304. The molecule has 0 spiro atoms. The van der Waals surface area contributed by atoms with Gasteiger partial charge in [-0.05, 0) is 65.9 Å². The third-order valence-corrected chi connectivity index (χ3v) is 4.97. The van der Waals surface area contributed by atoms with Gasteiger partial charge in [0.1, 0.15) is 0 Å². The number of aromatic nitrogens is 1. The Morgan fingerprint density at radius 3 is 2.88 bits per heavy atom. The Kier molecular flexibility index (Phi) is 3.12. The summed E-state index contributed by atoms with van der Waals surface area (Å²) >= 11 is 3.47. The summed E-state index contributed by atoms with van der Waals surface area (Å²) in [6.07, 6.45) is 9.58. The zero-order chi connectivity index (χ0) is 11.8. The van der Waals surface area contributed by atoms with E-state index in [9.17, 15) is 0 Å². The van der Waals surface area contributed by atoms with E-state index in [1.807, 2.05) is 12.4 Å². The average Bonchev–Trinajstić information content (AvgIpc) is 2.90. The van der Waals surface area contributed by atoms with Crippen LogP contribution in [0.5, 0.6) is 0 Å². The minimum absolute atomic E-state index is 0.571. The van der Waals surface area contributed by atoms with Crippen molar-refractivity contribution < 1.29 is 0 Å². The van der Waals surface area contributed by atoms with Crippen molar-refractivity contribution in [2.24, 2.45) is 17.8 Å². The number of rotatable bonds is 3. The predicted octanol–water partition coefficient (Wildman–Crippen LogP) is 4.08. The SMILES string of the molecule is CC(Nc1cncc(Br)c1)C1CC2CCC1C2. The Hall–Kier alpha value is -0.570. The maximum atomic E-state index is 4.20. The smallest absolute Gasteiger partial charge is 0.0540 e. The van der Waals surface area contributed by atoms with Gasteiger partial charge in [0.15, 0.2) is 0 Å². The second kappa shape index (κ2) is 4.60. The standard InChI is InChI=1S/C14H19BrN2/c1-9(14-5-10-2-3-11(14)4-10)17-13-6-12(15)7-16-8-13/h6-11,14,17H,2-5H2,1H3. The van der Waals surface area contributed by atoms with Gasteiger partial charge in [0, 0.05) is 16.7 Å². The van der Waals surface area contributed by atoms with Crippen LogP contribution in [0.2, 0.25) is 0 Å². The molecule has 4 unspecified atom stereocenters. The average molecular weight is 295 g/mol. The summed E-state index contributed by atoms with van der Waals surface area (Å²) in [5.74, 6) is 2.87. The molecule has 0 saturated heterocycles. The third-order valence-electron chi connectivity index (χ3n) is 4.53. The van der Waals surface area contributed by atoms with Crippen LogP contribution < -0.4 is 5.32 Å². The molecule has 17 heavy (non-hydrogen) atoms. The fourth-order valence-corrected chi connectivity index (χ4v) is 4.13. The molecule has 0 aromatic carbocycles. The number of nitrogens with one attached hydrogen (secondary N) is 1. The van der Waals surface area contributed by atoms with Gasteiger partial charge in [0.05, 0.1) is 11.9 Å². The fourth-order valence-electron chi connectivity index (χ4n) is 3.77. The van der Waals surface area contributed by atoms with Crippen LogP contribution in [0.25, 0.3) is 0 Å². The van der Waals surface area contributed by atoms with Crippen LogP contribution in [0.1, 0.15) is 32.6 Å². The molecule has 2 fully saturated rings. The van der Waals surface area contributed by atoms with E-state index in [0.29, 0.717) is 6.04 Å². The molecule has 0 amide bonds. The lowest BCUT2D eigenvalue weighted by Gasteiger charge is -2.29. The summed E-state index contributed by atoms with van der Waals surface area (Å²) in [6.45, 7) is 2.33. The molecule has 1 heterocycles. The molecule has 1 N–H and O–H groups in total. The molecule has 2 bridgehead atoms. The van der Waals surface area contributed by atoms with Gasteiger partial charge in [-0.1, -0.05) is 6.42 Å². The largest absolute Gasteiger partial charge is 0.381 e. The molecule has 2 aliphatic carbocycles. The van der Waals surface area contributed by atoms with Crippen molar-refractivity contribution >= 4 is 21.6 Å². The summed E-state index contributed by atoms with van der Waals surface area (Å²) < 4.78 is 1.04. The van der Waals surface area contributed by atoms with Gasteiger partial charge < -0.3 is 5.32 Å². The Balaban J connectivity index is 1.65. The van der Waals surface area contributed by atoms with E-state index >= 15 is 0 Å². The molecular formula is C14H19BrN2. The van der Waals surface area contributed by atoms with Gasteiger partial charge in [-0.2, -0.15) is 0 Å². The summed E-state index contributed by atoms with van der Waals surface area (Å²) in [5, 5.41) is 3.62. The molecule has 0 radical (unpaired) electrons. The molecular weight excluding hydrogens is 276 g/mol. The molecule has 4 atom stereocenters. The molecule has 1 aromatic rings. The zero-order valence-corrected chi connectivity index (χ0v) is 11.8. The molecule has 2 aliphatic rings. The second-order valence-electron chi connectivity index (χ2n) is 5.66. The molecule has 2 nitrogen and oxygen atoms in total. The van der Waals surface area contributed by atoms with Crippen LogP contribution in [-0.4, -0.2) is 11.0 Å². The maximum Gasteiger partial charge on any atom is 0.0540 e. The van der Waals surface area contributed by atoms with Gasteiger partial charge in [0.25, 0.3) is 0 Å². The number of halogens is 1. The van der Waals surface area contributed by atoms with Gasteiger partial charge in [0.2, 0.25) is 0 Å². The molecule has 2 saturated carbocycles.